The van der Waals surface area contributed by atoms with Crippen molar-refractivity contribution in [1.82, 2.24) is 20.1 Å². The third-order valence-electron chi connectivity index (χ3n) is 4.67. The van der Waals surface area contributed by atoms with Crippen LogP contribution in [-0.2, 0) is 4.79 Å². The summed E-state index contributed by atoms with van der Waals surface area (Å²) in [6.07, 6.45) is 9.93. The Labute approximate surface area is 159 Å². The van der Waals surface area contributed by atoms with Gasteiger partial charge in [-0.1, -0.05) is 41.6 Å². The van der Waals surface area contributed by atoms with Crippen LogP contribution in [0.4, 0.5) is 0 Å². The van der Waals surface area contributed by atoms with Crippen molar-refractivity contribution in [3.63, 3.8) is 0 Å². The van der Waals surface area contributed by atoms with Crippen molar-refractivity contribution < 1.29 is 4.79 Å². The summed E-state index contributed by atoms with van der Waals surface area (Å²) in [6, 6.07) is 8.09. The highest BCUT2D eigenvalue weighted by molar-refractivity contribution is 8.00. The number of allylic oxidation sites excluding steroid dienone is 1. The molecule has 1 aromatic carbocycles. The zero-order chi connectivity index (χ0) is 18.4. The van der Waals surface area contributed by atoms with E-state index < -0.39 is 0 Å². The van der Waals surface area contributed by atoms with Gasteiger partial charge in [-0.3, -0.25) is 9.36 Å². The first-order chi connectivity index (χ1) is 12.6. The Hall–Kier alpha value is -2.08. The van der Waals surface area contributed by atoms with Gasteiger partial charge in [0.2, 0.25) is 5.91 Å². The molecule has 0 saturated carbocycles. The predicted octanol–water partition coefficient (Wildman–Crippen LogP) is 4.06. The second-order valence-corrected chi connectivity index (χ2v) is 7.99. The van der Waals surface area contributed by atoms with E-state index in [4.69, 9.17) is 0 Å². The van der Waals surface area contributed by atoms with Gasteiger partial charge in [-0.05, 0) is 57.6 Å². The molecule has 2 aromatic rings. The molecule has 26 heavy (non-hydrogen) atoms. The number of hydrogen-bond donors (Lipinski definition) is 1. The summed E-state index contributed by atoms with van der Waals surface area (Å²) in [5.41, 5.74) is 3.67. The highest BCUT2D eigenvalue weighted by Crippen LogP contribution is 2.25. The van der Waals surface area contributed by atoms with Crippen molar-refractivity contribution in [2.75, 3.05) is 6.54 Å². The van der Waals surface area contributed by atoms with Crippen LogP contribution in [0.1, 0.15) is 44.6 Å². The molecule has 0 unspecified atom stereocenters. The van der Waals surface area contributed by atoms with E-state index >= 15 is 0 Å². The second kappa shape index (κ2) is 9.03. The summed E-state index contributed by atoms with van der Waals surface area (Å²) < 4.78 is 1.94. The van der Waals surface area contributed by atoms with Crippen molar-refractivity contribution in [3.05, 3.63) is 47.8 Å². The zero-order valence-corrected chi connectivity index (χ0v) is 16.3. The van der Waals surface area contributed by atoms with Crippen molar-refractivity contribution >= 4 is 17.7 Å². The van der Waals surface area contributed by atoms with Crippen molar-refractivity contribution in [2.24, 2.45) is 0 Å². The van der Waals surface area contributed by atoms with Crippen LogP contribution < -0.4 is 5.32 Å². The Morgan fingerprint density at radius 2 is 2.19 bits per heavy atom. The molecule has 1 aliphatic rings. The molecule has 1 aromatic heterocycles. The standard InChI is InChI=1S/C20H26N4OS/c1-15-8-6-7-11-18(15)24-14-22-23-20(24)26-16(2)19(25)21-13-12-17-9-4-3-5-10-17/h6-9,11,14,16H,3-5,10,12-13H2,1-2H3,(H,21,25)/t16-/m0/s1. The van der Waals surface area contributed by atoms with Gasteiger partial charge in [0.1, 0.15) is 6.33 Å². The fraction of sp³-hybridized carbons (Fsp3) is 0.450. The van der Waals surface area contributed by atoms with E-state index in [1.165, 1.54) is 43.0 Å². The van der Waals surface area contributed by atoms with Crippen LogP contribution in [-0.4, -0.2) is 32.5 Å². The van der Waals surface area contributed by atoms with Crippen LogP contribution in [0.2, 0.25) is 0 Å². The van der Waals surface area contributed by atoms with Gasteiger partial charge in [0.25, 0.3) is 0 Å². The highest BCUT2D eigenvalue weighted by atomic mass is 32.2. The van der Waals surface area contributed by atoms with Crippen LogP contribution in [0.25, 0.3) is 5.69 Å². The van der Waals surface area contributed by atoms with E-state index in [0.29, 0.717) is 6.54 Å². The number of thioether (sulfide) groups is 1. The Balaban J connectivity index is 1.56. The number of rotatable bonds is 7. The van der Waals surface area contributed by atoms with E-state index in [1.54, 1.807) is 6.33 Å². The number of amides is 1. The quantitative estimate of drug-likeness (QED) is 0.590. The minimum atomic E-state index is -0.220. The lowest BCUT2D eigenvalue weighted by atomic mass is 9.97. The van der Waals surface area contributed by atoms with Gasteiger partial charge in [-0.15, -0.1) is 10.2 Å². The van der Waals surface area contributed by atoms with E-state index in [9.17, 15) is 4.79 Å². The maximum absolute atomic E-state index is 12.4. The number of aromatic nitrogens is 3. The zero-order valence-electron chi connectivity index (χ0n) is 15.4. The summed E-state index contributed by atoms with van der Waals surface area (Å²) in [5, 5.41) is 11.8. The lowest BCUT2D eigenvalue weighted by molar-refractivity contribution is -0.120. The van der Waals surface area contributed by atoms with E-state index in [-0.39, 0.29) is 11.2 Å². The lowest BCUT2D eigenvalue weighted by Gasteiger charge is -2.15. The van der Waals surface area contributed by atoms with Crippen LogP contribution in [0.3, 0.4) is 0 Å². The summed E-state index contributed by atoms with van der Waals surface area (Å²) in [4.78, 5) is 12.4. The molecule has 0 bridgehead atoms. The van der Waals surface area contributed by atoms with Crippen molar-refractivity contribution in [3.8, 4) is 5.69 Å². The summed E-state index contributed by atoms with van der Waals surface area (Å²) in [5.74, 6) is 0.0470. The molecule has 1 aliphatic carbocycles. The second-order valence-electron chi connectivity index (χ2n) is 6.68. The summed E-state index contributed by atoms with van der Waals surface area (Å²) in [7, 11) is 0. The average Bonchev–Trinajstić information content (AvgIpc) is 3.10. The van der Waals surface area contributed by atoms with Crippen LogP contribution in [0, 0.1) is 6.92 Å². The van der Waals surface area contributed by atoms with Crippen LogP contribution >= 0.6 is 11.8 Å². The van der Waals surface area contributed by atoms with Gasteiger partial charge in [0.05, 0.1) is 10.9 Å². The normalized spacial score (nSPS) is 15.4. The molecule has 0 aliphatic heterocycles. The monoisotopic (exact) mass is 370 g/mol. The molecule has 0 radical (unpaired) electrons. The fourth-order valence-corrected chi connectivity index (χ4v) is 4.00. The maximum atomic E-state index is 12.4. The maximum Gasteiger partial charge on any atom is 0.233 e. The molecule has 0 spiro atoms. The molecule has 6 heteroatoms. The van der Waals surface area contributed by atoms with Crippen LogP contribution in [0.15, 0.2) is 47.4 Å². The van der Waals surface area contributed by atoms with Gasteiger partial charge in [-0.2, -0.15) is 0 Å². The Morgan fingerprint density at radius 3 is 2.96 bits per heavy atom. The summed E-state index contributed by atoms with van der Waals surface area (Å²) in [6.45, 7) is 4.68. The number of para-hydroxylation sites is 1. The first kappa shape index (κ1) is 18.7. The molecule has 3 rings (SSSR count). The van der Waals surface area contributed by atoms with Crippen molar-refractivity contribution in [2.45, 2.75) is 56.4 Å². The van der Waals surface area contributed by atoms with E-state index in [2.05, 4.69) is 34.6 Å². The predicted molar refractivity (Wildman–Crippen MR) is 106 cm³/mol. The molecule has 138 valence electrons. The third kappa shape index (κ3) is 4.75. The number of carbonyl (C=O) groups is 1. The molecule has 0 saturated heterocycles. The first-order valence-electron chi connectivity index (χ1n) is 9.23. The molecular weight excluding hydrogens is 344 g/mol. The topological polar surface area (TPSA) is 59.8 Å². The van der Waals surface area contributed by atoms with Gasteiger partial charge in [-0.25, -0.2) is 0 Å². The lowest BCUT2D eigenvalue weighted by Crippen LogP contribution is -2.32. The van der Waals surface area contributed by atoms with E-state index in [1.807, 2.05) is 29.7 Å². The molecular formula is C20H26N4OS. The average molecular weight is 371 g/mol. The van der Waals surface area contributed by atoms with Gasteiger partial charge >= 0.3 is 0 Å². The van der Waals surface area contributed by atoms with E-state index in [0.717, 1.165) is 22.8 Å². The number of hydrogen-bond acceptors (Lipinski definition) is 4. The number of benzene rings is 1. The molecule has 1 amide bonds. The number of nitrogens with zero attached hydrogens (tertiary/aromatic N) is 3. The van der Waals surface area contributed by atoms with Crippen LogP contribution in [0.5, 0.6) is 0 Å². The fourth-order valence-electron chi connectivity index (χ4n) is 3.14. The number of nitrogens with one attached hydrogen (secondary N) is 1. The minimum Gasteiger partial charge on any atom is -0.355 e. The highest BCUT2D eigenvalue weighted by Gasteiger charge is 2.18. The van der Waals surface area contributed by atoms with Crippen molar-refractivity contribution in [1.29, 1.82) is 0 Å². The SMILES string of the molecule is Cc1ccccc1-n1cnnc1S[C@@H](C)C(=O)NCCC1=CCCCC1. The molecule has 1 heterocycles. The first-order valence-corrected chi connectivity index (χ1v) is 10.1. The van der Waals surface area contributed by atoms with Gasteiger partial charge in [0.15, 0.2) is 5.16 Å². The van der Waals surface area contributed by atoms with Gasteiger partial charge < -0.3 is 5.32 Å². The third-order valence-corrected chi connectivity index (χ3v) is 5.73. The smallest absolute Gasteiger partial charge is 0.233 e. The molecule has 0 fully saturated rings. The summed E-state index contributed by atoms with van der Waals surface area (Å²) >= 11 is 1.44. The minimum absolute atomic E-state index is 0.0470. The molecule has 1 atom stereocenters. The molecule has 5 nitrogen and oxygen atoms in total. The Kier molecular flexibility index (Phi) is 6.50. The van der Waals surface area contributed by atoms with Gasteiger partial charge in [0, 0.05) is 6.54 Å². The molecule has 1 N–H and O–H groups in total. The Morgan fingerprint density at radius 1 is 1.35 bits per heavy atom. The largest absolute Gasteiger partial charge is 0.355 e. The Bertz CT molecular complexity index is 784. The number of carbonyl (C=O) groups excluding carboxylic acids is 1. The number of aryl methyl sites for hydroxylation is 1.